The van der Waals surface area contributed by atoms with Crippen molar-refractivity contribution in [3.05, 3.63) is 39.6 Å². The Morgan fingerprint density at radius 2 is 2.13 bits per heavy atom. The number of nitrogens with zero attached hydrogens (tertiary/aromatic N) is 2. The molecular weight excluding hydrogens is 308 g/mol. The van der Waals surface area contributed by atoms with Crippen LogP contribution in [0.15, 0.2) is 29.7 Å². The minimum Gasteiger partial charge on any atom is -0.501 e. The topological polar surface area (TPSA) is 42.4 Å². The molecule has 1 saturated heterocycles. The first kappa shape index (κ1) is 15.8. The van der Waals surface area contributed by atoms with Gasteiger partial charge in [0.25, 0.3) is 5.91 Å². The van der Waals surface area contributed by atoms with E-state index in [1.54, 1.807) is 13.3 Å². The fourth-order valence-corrected chi connectivity index (χ4v) is 3.47. The molecule has 2 heterocycles. The van der Waals surface area contributed by atoms with E-state index in [-0.39, 0.29) is 5.91 Å². The summed E-state index contributed by atoms with van der Waals surface area (Å²) in [4.78, 5) is 19.3. The van der Waals surface area contributed by atoms with Crippen molar-refractivity contribution in [3.63, 3.8) is 0 Å². The van der Waals surface area contributed by atoms with Crippen molar-refractivity contribution in [3.8, 4) is 11.8 Å². The molecule has 0 saturated carbocycles. The molecule has 23 heavy (non-hydrogen) atoms. The van der Waals surface area contributed by atoms with Crippen molar-refractivity contribution < 1.29 is 9.53 Å². The van der Waals surface area contributed by atoms with Crippen LogP contribution in [0, 0.1) is 11.8 Å². The molecule has 1 amide bonds. The number of likely N-dealkylation sites (tertiary alicyclic amines) is 1. The maximum absolute atomic E-state index is 12.4. The normalized spacial score (nSPS) is 17.7. The monoisotopic (exact) mass is 328 g/mol. The fraction of sp³-hybridized carbons (Fsp3) is 0.444. The molecular formula is C18H20N2O2S. The van der Waals surface area contributed by atoms with Gasteiger partial charge in [-0.3, -0.25) is 4.79 Å². The molecule has 0 unspecified atom stereocenters. The molecule has 1 aliphatic carbocycles. The molecule has 5 heteroatoms. The van der Waals surface area contributed by atoms with Gasteiger partial charge in [0.2, 0.25) is 0 Å². The first-order valence-electron chi connectivity index (χ1n) is 7.98. The van der Waals surface area contributed by atoms with Crippen LogP contribution in [0.2, 0.25) is 0 Å². The maximum Gasteiger partial charge on any atom is 0.265 e. The van der Waals surface area contributed by atoms with E-state index >= 15 is 0 Å². The first-order chi connectivity index (χ1) is 11.3. The third-order valence-corrected chi connectivity index (χ3v) is 4.91. The summed E-state index contributed by atoms with van der Waals surface area (Å²) in [7, 11) is 1.68. The maximum atomic E-state index is 12.4. The second-order valence-corrected chi connectivity index (χ2v) is 6.68. The summed E-state index contributed by atoms with van der Waals surface area (Å²) in [5, 5.41) is 0.684. The van der Waals surface area contributed by atoms with Gasteiger partial charge in [-0.25, -0.2) is 4.98 Å². The highest BCUT2D eigenvalue weighted by atomic mass is 32.1. The van der Waals surface area contributed by atoms with Gasteiger partial charge in [0.15, 0.2) is 5.01 Å². The number of rotatable bonds is 2. The molecule has 0 bridgehead atoms. The zero-order chi connectivity index (χ0) is 16.1. The number of amides is 1. The summed E-state index contributed by atoms with van der Waals surface area (Å²) in [6.07, 6.45) is 11.0. The number of hydrogen-bond donors (Lipinski definition) is 0. The third kappa shape index (κ3) is 4.02. The zero-order valence-electron chi connectivity index (χ0n) is 13.3. The van der Waals surface area contributed by atoms with Gasteiger partial charge in [-0.1, -0.05) is 12.0 Å². The molecule has 1 fully saturated rings. The Hall–Kier alpha value is -2.06. The Morgan fingerprint density at radius 1 is 1.30 bits per heavy atom. The number of piperidine rings is 1. The number of thiazole rings is 1. The highest BCUT2D eigenvalue weighted by molar-refractivity contribution is 7.14. The summed E-state index contributed by atoms with van der Waals surface area (Å²) in [6.45, 7) is 1.71. The SMILES string of the molecule is COC1=CC(C#Cc2ncc(C(=O)N3CCCCC3)s2)=CCC1. The minimum absolute atomic E-state index is 0.0914. The Bertz CT molecular complexity index is 700. The molecule has 3 rings (SSSR count). The van der Waals surface area contributed by atoms with E-state index in [4.69, 9.17) is 4.74 Å². The minimum atomic E-state index is 0.0914. The van der Waals surface area contributed by atoms with Crippen molar-refractivity contribution in [1.29, 1.82) is 0 Å². The Kier molecular flexibility index (Phi) is 5.14. The summed E-state index contributed by atoms with van der Waals surface area (Å²) in [5.41, 5.74) is 0.951. The summed E-state index contributed by atoms with van der Waals surface area (Å²) in [5.74, 6) is 7.21. The number of carbonyl (C=O) groups is 1. The van der Waals surface area contributed by atoms with E-state index in [0.29, 0.717) is 9.88 Å². The van der Waals surface area contributed by atoms with Crippen molar-refractivity contribution >= 4 is 17.2 Å². The predicted octanol–water partition coefficient (Wildman–Crippen LogP) is 3.37. The molecule has 0 aromatic carbocycles. The number of ether oxygens (including phenoxy) is 1. The molecule has 0 radical (unpaired) electrons. The van der Waals surface area contributed by atoms with Gasteiger partial charge in [0, 0.05) is 25.1 Å². The van der Waals surface area contributed by atoms with Crippen molar-refractivity contribution in [2.45, 2.75) is 32.1 Å². The molecule has 1 aromatic heterocycles. The van der Waals surface area contributed by atoms with E-state index in [0.717, 1.165) is 50.1 Å². The lowest BCUT2D eigenvalue weighted by molar-refractivity contribution is 0.0729. The molecule has 4 nitrogen and oxygen atoms in total. The highest BCUT2D eigenvalue weighted by Gasteiger charge is 2.20. The highest BCUT2D eigenvalue weighted by Crippen LogP contribution is 2.19. The van der Waals surface area contributed by atoms with E-state index < -0.39 is 0 Å². The average Bonchev–Trinajstić information content (AvgIpc) is 3.09. The van der Waals surface area contributed by atoms with Crippen LogP contribution < -0.4 is 0 Å². The van der Waals surface area contributed by atoms with Crippen molar-refractivity contribution in [1.82, 2.24) is 9.88 Å². The molecule has 0 N–H and O–H groups in total. The molecule has 0 spiro atoms. The Labute approximate surface area is 140 Å². The van der Waals surface area contributed by atoms with Crippen molar-refractivity contribution in [2.75, 3.05) is 20.2 Å². The summed E-state index contributed by atoms with van der Waals surface area (Å²) >= 11 is 1.37. The van der Waals surface area contributed by atoms with Crippen LogP contribution in [0.4, 0.5) is 0 Å². The average molecular weight is 328 g/mol. The van der Waals surface area contributed by atoms with E-state index in [9.17, 15) is 4.79 Å². The van der Waals surface area contributed by atoms with Gasteiger partial charge in [0.05, 0.1) is 19.1 Å². The van der Waals surface area contributed by atoms with Gasteiger partial charge >= 0.3 is 0 Å². The fourth-order valence-electron chi connectivity index (χ4n) is 2.73. The number of allylic oxidation sites excluding steroid dienone is 4. The number of methoxy groups -OCH3 is 1. The molecule has 1 aliphatic heterocycles. The Morgan fingerprint density at radius 3 is 2.91 bits per heavy atom. The lowest BCUT2D eigenvalue weighted by atomic mass is 10.1. The first-order valence-corrected chi connectivity index (χ1v) is 8.80. The van der Waals surface area contributed by atoms with Gasteiger partial charge in [-0.2, -0.15) is 0 Å². The van der Waals surface area contributed by atoms with E-state index in [2.05, 4.69) is 22.9 Å². The van der Waals surface area contributed by atoms with Crippen LogP contribution in [-0.4, -0.2) is 36.0 Å². The predicted molar refractivity (Wildman–Crippen MR) is 91.2 cm³/mol. The summed E-state index contributed by atoms with van der Waals surface area (Å²) in [6, 6.07) is 0. The zero-order valence-corrected chi connectivity index (χ0v) is 14.1. The smallest absolute Gasteiger partial charge is 0.265 e. The van der Waals surface area contributed by atoms with Crippen LogP contribution >= 0.6 is 11.3 Å². The quantitative estimate of drug-likeness (QED) is 0.782. The van der Waals surface area contributed by atoms with Gasteiger partial charge < -0.3 is 9.64 Å². The number of aromatic nitrogens is 1. The molecule has 1 aromatic rings. The number of hydrogen-bond acceptors (Lipinski definition) is 4. The summed E-state index contributed by atoms with van der Waals surface area (Å²) < 4.78 is 5.27. The molecule has 120 valence electrons. The number of carbonyl (C=O) groups excluding carboxylic acids is 1. The molecule has 0 atom stereocenters. The van der Waals surface area contributed by atoms with E-state index in [1.165, 1.54) is 17.8 Å². The van der Waals surface area contributed by atoms with Crippen LogP contribution in [0.25, 0.3) is 0 Å². The second-order valence-electron chi connectivity index (χ2n) is 5.65. The lowest BCUT2D eigenvalue weighted by Gasteiger charge is -2.25. The van der Waals surface area contributed by atoms with Crippen molar-refractivity contribution in [2.24, 2.45) is 0 Å². The van der Waals surface area contributed by atoms with Crippen LogP contribution in [-0.2, 0) is 4.74 Å². The van der Waals surface area contributed by atoms with Gasteiger partial charge in [-0.15, -0.1) is 11.3 Å². The molecule has 2 aliphatic rings. The van der Waals surface area contributed by atoms with Gasteiger partial charge in [-0.05, 0) is 37.7 Å². The third-order valence-electron chi connectivity index (χ3n) is 4.01. The van der Waals surface area contributed by atoms with Gasteiger partial charge in [0.1, 0.15) is 4.88 Å². The van der Waals surface area contributed by atoms with Crippen LogP contribution in [0.3, 0.4) is 0 Å². The van der Waals surface area contributed by atoms with Crippen LogP contribution in [0.1, 0.15) is 46.8 Å². The van der Waals surface area contributed by atoms with E-state index in [1.807, 2.05) is 11.0 Å². The second kappa shape index (κ2) is 7.47. The standard InChI is InChI=1S/C18H20N2O2S/c1-22-15-7-5-6-14(12-15)8-9-17-19-13-16(23-17)18(21)20-10-3-2-4-11-20/h6,12-13H,2-5,7,10-11H2,1H3. The largest absolute Gasteiger partial charge is 0.501 e. The Balaban J connectivity index is 1.68. The van der Waals surface area contributed by atoms with Crippen LogP contribution in [0.5, 0.6) is 0 Å². The lowest BCUT2D eigenvalue weighted by Crippen LogP contribution is -2.35.